The average molecular weight is 789 g/mol. The quantitative estimate of drug-likeness (QED) is 0.135. The SMILES string of the molecule is CC(C)(C)OC(=O)NC1(C(=O)O)CCC(F)(F)C1.CC(C)(C)OC(=O)NC1(CO)CCC(F)(F)C1.CC(C)COC(=O)Cl.CN1CCOCC1.[B].[H-].[Na+]. The number of amides is 2. The smallest absolute Gasteiger partial charge is 1.00 e. The molecule has 3 rings (SSSR count). The Bertz CT molecular complexity index is 1120. The summed E-state index contributed by atoms with van der Waals surface area (Å²) >= 11 is 4.86. The van der Waals surface area contributed by atoms with Crippen LogP contribution in [0.3, 0.4) is 0 Å². The Hall–Kier alpha value is -1.57. The Kier molecular flexibility index (Phi) is 24.6. The van der Waals surface area contributed by atoms with E-state index < -0.39 is 83.6 Å². The fourth-order valence-corrected chi connectivity index (χ4v) is 4.70. The van der Waals surface area contributed by atoms with E-state index in [0.29, 0.717) is 12.5 Å². The molecule has 4 N–H and O–H groups in total. The van der Waals surface area contributed by atoms with E-state index in [1.54, 1.807) is 41.5 Å². The molecule has 1 heterocycles. The van der Waals surface area contributed by atoms with Crippen LogP contribution in [0, 0.1) is 5.92 Å². The van der Waals surface area contributed by atoms with Gasteiger partial charge in [0.2, 0.25) is 0 Å². The summed E-state index contributed by atoms with van der Waals surface area (Å²) < 4.78 is 71.9. The van der Waals surface area contributed by atoms with Gasteiger partial charge in [0.05, 0.1) is 32.0 Å². The van der Waals surface area contributed by atoms with Crippen molar-refractivity contribution in [1.82, 2.24) is 15.5 Å². The molecule has 2 unspecified atom stereocenters. The molecule has 2 amide bonds. The van der Waals surface area contributed by atoms with Gasteiger partial charge in [-0.3, -0.25) is 0 Å². The first-order valence-electron chi connectivity index (χ1n) is 16.3. The summed E-state index contributed by atoms with van der Waals surface area (Å²) in [6.07, 6.45) is -4.38. The molecule has 0 aromatic heterocycles. The van der Waals surface area contributed by atoms with E-state index in [0.717, 1.165) is 26.3 Å². The molecular formula is C32H57BClF4N3NaO10. The van der Waals surface area contributed by atoms with Crippen LogP contribution in [0.1, 0.15) is 95.3 Å². The summed E-state index contributed by atoms with van der Waals surface area (Å²) in [4.78, 5) is 46.3. The van der Waals surface area contributed by atoms with Crippen molar-refractivity contribution >= 4 is 43.6 Å². The van der Waals surface area contributed by atoms with Crippen molar-refractivity contribution in [2.24, 2.45) is 5.92 Å². The molecule has 20 heteroatoms. The molecular weight excluding hydrogens is 732 g/mol. The molecule has 2 saturated carbocycles. The summed E-state index contributed by atoms with van der Waals surface area (Å²) in [7, 11) is 2.11. The van der Waals surface area contributed by atoms with Crippen LogP contribution < -0.4 is 40.2 Å². The van der Waals surface area contributed by atoms with Gasteiger partial charge in [0, 0.05) is 58.8 Å². The third kappa shape index (κ3) is 24.7. The molecule has 1 saturated heterocycles. The molecule has 3 radical (unpaired) electrons. The summed E-state index contributed by atoms with van der Waals surface area (Å²) in [5.74, 6) is -7.02. The second-order valence-corrected chi connectivity index (χ2v) is 15.3. The maximum Gasteiger partial charge on any atom is 1.00 e. The van der Waals surface area contributed by atoms with Crippen LogP contribution in [-0.4, -0.2) is 128 Å². The Balaban J connectivity index is -0.000000317. The normalized spacial score (nSPS) is 23.2. The van der Waals surface area contributed by atoms with Crippen LogP contribution in [0.2, 0.25) is 0 Å². The number of alkyl carbamates (subject to hydrolysis) is 2. The molecule has 2 atom stereocenters. The van der Waals surface area contributed by atoms with Gasteiger partial charge >= 0.3 is 53.1 Å². The predicted molar refractivity (Wildman–Crippen MR) is 184 cm³/mol. The second-order valence-electron chi connectivity index (χ2n) is 15.0. The summed E-state index contributed by atoms with van der Waals surface area (Å²) in [6.45, 7) is 17.6. The van der Waals surface area contributed by atoms with Crippen molar-refractivity contribution in [3.63, 3.8) is 0 Å². The third-order valence-electron chi connectivity index (χ3n) is 7.03. The average Bonchev–Trinajstić information content (AvgIpc) is 3.41. The zero-order valence-electron chi connectivity index (χ0n) is 33.1. The van der Waals surface area contributed by atoms with Crippen LogP contribution in [0.25, 0.3) is 0 Å². The molecule has 2 aliphatic carbocycles. The van der Waals surface area contributed by atoms with Gasteiger partial charge in [-0.25, -0.2) is 36.7 Å². The zero-order chi connectivity index (χ0) is 39.2. The van der Waals surface area contributed by atoms with Crippen molar-refractivity contribution in [2.45, 2.75) is 128 Å². The van der Waals surface area contributed by atoms with E-state index in [1.807, 2.05) is 13.8 Å². The number of aliphatic hydroxyl groups is 1. The molecule has 3 fully saturated rings. The zero-order valence-corrected chi connectivity index (χ0v) is 34.9. The van der Waals surface area contributed by atoms with Gasteiger partial charge in [-0.2, -0.15) is 0 Å². The minimum Gasteiger partial charge on any atom is -1.00 e. The molecule has 3 aliphatic rings. The number of aliphatic hydroxyl groups excluding tert-OH is 1. The van der Waals surface area contributed by atoms with Crippen molar-refractivity contribution in [2.75, 3.05) is 46.6 Å². The molecule has 13 nitrogen and oxygen atoms in total. The first-order valence-corrected chi connectivity index (χ1v) is 16.6. The van der Waals surface area contributed by atoms with E-state index in [1.165, 1.54) is 0 Å². The van der Waals surface area contributed by atoms with Crippen LogP contribution in [0.5, 0.6) is 0 Å². The number of carboxylic acids is 1. The minimum atomic E-state index is -3.08. The largest absolute Gasteiger partial charge is 1.00 e. The number of carbonyl (C=O) groups excluding carboxylic acids is 3. The monoisotopic (exact) mass is 788 g/mol. The van der Waals surface area contributed by atoms with Gasteiger partial charge in [0.1, 0.15) is 16.7 Å². The van der Waals surface area contributed by atoms with Gasteiger partial charge in [0.15, 0.2) is 0 Å². The molecule has 52 heavy (non-hydrogen) atoms. The van der Waals surface area contributed by atoms with Crippen molar-refractivity contribution < 1.29 is 96.9 Å². The molecule has 1 aliphatic heterocycles. The van der Waals surface area contributed by atoms with E-state index in [-0.39, 0.29) is 58.7 Å². The molecule has 299 valence electrons. The number of hydrogen-bond donors (Lipinski definition) is 4. The summed E-state index contributed by atoms with van der Waals surface area (Å²) in [5.41, 5.74) is -5.43. The number of hydrogen-bond acceptors (Lipinski definition) is 10. The van der Waals surface area contributed by atoms with Gasteiger partial charge in [-0.05, 0) is 67.3 Å². The van der Waals surface area contributed by atoms with E-state index in [2.05, 4.69) is 27.3 Å². The van der Waals surface area contributed by atoms with Gasteiger partial charge < -0.3 is 46.1 Å². The first-order chi connectivity index (χ1) is 22.6. The number of carboxylic acid groups (broad SMARTS) is 1. The number of halogens is 5. The third-order valence-corrected chi connectivity index (χ3v) is 7.14. The number of aliphatic carboxylic acids is 1. The molecule has 0 bridgehead atoms. The van der Waals surface area contributed by atoms with E-state index in [4.69, 9.17) is 30.9 Å². The summed E-state index contributed by atoms with van der Waals surface area (Å²) in [6, 6.07) is 0. The fourth-order valence-electron chi connectivity index (χ4n) is 4.64. The summed E-state index contributed by atoms with van der Waals surface area (Å²) in [5, 5.41) is 22.7. The van der Waals surface area contributed by atoms with Crippen LogP contribution >= 0.6 is 11.6 Å². The van der Waals surface area contributed by atoms with Gasteiger partial charge in [-0.1, -0.05) is 13.8 Å². The van der Waals surface area contributed by atoms with E-state index in [9.17, 15) is 41.8 Å². The second kappa shape index (κ2) is 23.4. The maximum atomic E-state index is 13.1. The predicted octanol–water partition coefficient (Wildman–Crippen LogP) is 2.92. The molecule has 0 aromatic rings. The molecule has 0 spiro atoms. The minimum absolute atomic E-state index is 0. The van der Waals surface area contributed by atoms with E-state index >= 15 is 0 Å². The number of carbonyl (C=O) groups is 4. The standard InChI is InChI=1S/C11H17F2NO4.C11H19F2NO3.C5H9ClO2.C5H11NO.B.Na.H/c1-9(2,3)18-8(17)14-10(7(15)16)4-5-11(12,13)6-10;1-9(2,3)17-8(16)14-10(7-15)4-5-11(12,13)6-10;1-4(2)3-8-5(6)7;1-6-2-4-7-5-3-6;;;/h4-6H2,1-3H3,(H,14,17)(H,15,16);15H,4-7H2,1-3H3,(H,14,16);4H,3H2,1-2H3;2-5H2,1H3;;;/q;;;;;+1;-1. The first kappa shape index (κ1) is 54.8. The van der Waals surface area contributed by atoms with Crippen molar-refractivity contribution in [1.29, 1.82) is 0 Å². The number of alkyl halides is 4. The number of nitrogens with zero attached hydrogens (tertiary/aromatic N) is 1. The van der Waals surface area contributed by atoms with Crippen LogP contribution in [0.4, 0.5) is 31.9 Å². The van der Waals surface area contributed by atoms with Crippen LogP contribution in [-0.2, 0) is 23.7 Å². The number of rotatable bonds is 6. The Labute approximate surface area is 335 Å². The van der Waals surface area contributed by atoms with Crippen molar-refractivity contribution in [3.05, 3.63) is 0 Å². The topological polar surface area (TPSA) is 173 Å². The fraction of sp³-hybridized carbons (Fsp3) is 0.875. The Morgan fingerprint density at radius 3 is 1.58 bits per heavy atom. The Morgan fingerprint density at radius 2 is 1.31 bits per heavy atom. The van der Waals surface area contributed by atoms with Gasteiger partial charge in [0.25, 0.3) is 11.8 Å². The number of nitrogens with one attached hydrogen (secondary N) is 2. The van der Waals surface area contributed by atoms with Crippen LogP contribution in [0.15, 0.2) is 0 Å². The molecule has 0 aromatic carbocycles. The maximum absolute atomic E-state index is 13.1. The van der Waals surface area contributed by atoms with Gasteiger partial charge in [-0.15, -0.1) is 0 Å². The number of morpholine rings is 1. The number of ether oxygens (including phenoxy) is 4. The Morgan fingerprint density at radius 1 is 0.865 bits per heavy atom. The van der Waals surface area contributed by atoms with Crippen molar-refractivity contribution in [3.8, 4) is 0 Å². The number of likely N-dealkylation sites (N-methyl/N-ethyl adjacent to an activating group) is 1.